The average molecular weight is 489 g/mol. The van der Waals surface area contributed by atoms with Crippen LogP contribution in [0, 0.1) is 6.92 Å². The van der Waals surface area contributed by atoms with Gasteiger partial charge < -0.3 is 9.47 Å². The number of ether oxygens (including phenoxy) is 2. The lowest BCUT2D eigenvalue weighted by Crippen LogP contribution is -2.12. The summed E-state index contributed by atoms with van der Waals surface area (Å²) in [7, 11) is 1.66. The van der Waals surface area contributed by atoms with Gasteiger partial charge in [-0.2, -0.15) is 4.98 Å². The molecule has 0 aliphatic rings. The Morgan fingerprint density at radius 3 is 2.44 bits per heavy atom. The Hall–Kier alpha value is -3.78. The van der Waals surface area contributed by atoms with Gasteiger partial charge in [-0.15, -0.1) is 0 Å². The standard InChI is InChI=1S/C28H32N4O4/c1-4-5-6-11-25-24(27(30-19(2)29-25)35-17-16-34-3)18-20-12-14-21(15-13-20)22-9-7-8-10-23(22)26-31-28(33)36-32-26/h7-10,12-15H,4-6,11,16-18H2,1-3H3,(H,31,32,33). The number of aryl methyl sites for hydroxylation is 2. The molecule has 36 heavy (non-hydrogen) atoms. The van der Waals surface area contributed by atoms with E-state index in [4.69, 9.17) is 19.0 Å². The van der Waals surface area contributed by atoms with Crippen molar-refractivity contribution in [2.75, 3.05) is 20.3 Å². The van der Waals surface area contributed by atoms with E-state index in [1.165, 1.54) is 0 Å². The molecule has 2 heterocycles. The minimum atomic E-state index is -0.575. The van der Waals surface area contributed by atoms with Crippen LogP contribution in [-0.4, -0.2) is 40.4 Å². The Bertz CT molecular complexity index is 1300. The van der Waals surface area contributed by atoms with Crippen molar-refractivity contribution in [1.82, 2.24) is 20.1 Å². The van der Waals surface area contributed by atoms with Crippen molar-refractivity contribution in [3.8, 4) is 28.4 Å². The molecule has 4 aromatic rings. The van der Waals surface area contributed by atoms with Crippen LogP contribution in [0.1, 0.15) is 48.8 Å². The quantitative estimate of drug-likeness (QED) is 0.275. The summed E-state index contributed by atoms with van der Waals surface area (Å²) in [5.41, 5.74) is 5.98. The topological polar surface area (TPSA) is 103 Å². The molecule has 8 heteroatoms. The Labute approximate surface area is 210 Å². The molecule has 0 radical (unpaired) electrons. The third-order valence-electron chi connectivity index (χ3n) is 5.98. The summed E-state index contributed by atoms with van der Waals surface area (Å²) in [6, 6.07) is 16.1. The normalized spacial score (nSPS) is 11.1. The number of benzene rings is 2. The maximum atomic E-state index is 11.5. The van der Waals surface area contributed by atoms with Crippen LogP contribution in [0.2, 0.25) is 0 Å². The molecule has 188 valence electrons. The highest BCUT2D eigenvalue weighted by Crippen LogP contribution is 2.31. The smallest absolute Gasteiger partial charge is 0.439 e. The molecule has 4 rings (SSSR count). The number of hydrogen-bond acceptors (Lipinski definition) is 7. The van der Waals surface area contributed by atoms with Gasteiger partial charge in [0.15, 0.2) is 5.82 Å². The van der Waals surface area contributed by atoms with E-state index in [9.17, 15) is 4.79 Å². The van der Waals surface area contributed by atoms with E-state index in [-0.39, 0.29) is 0 Å². The van der Waals surface area contributed by atoms with Gasteiger partial charge in [-0.25, -0.2) is 9.78 Å². The largest absolute Gasteiger partial charge is 0.475 e. The highest BCUT2D eigenvalue weighted by atomic mass is 16.5. The molecule has 2 aromatic carbocycles. The second-order valence-corrected chi connectivity index (χ2v) is 8.66. The Morgan fingerprint density at radius 1 is 0.972 bits per heavy atom. The molecule has 0 amide bonds. The van der Waals surface area contributed by atoms with E-state index in [1.54, 1.807) is 7.11 Å². The lowest BCUT2D eigenvalue weighted by atomic mass is 9.96. The molecule has 1 N–H and O–H groups in total. The first-order valence-corrected chi connectivity index (χ1v) is 12.3. The van der Waals surface area contributed by atoms with Gasteiger partial charge in [-0.1, -0.05) is 73.5 Å². The summed E-state index contributed by atoms with van der Waals surface area (Å²) in [6.07, 6.45) is 4.96. The van der Waals surface area contributed by atoms with Crippen LogP contribution in [-0.2, 0) is 17.6 Å². The van der Waals surface area contributed by atoms with Gasteiger partial charge in [0.25, 0.3) is 0 Å². The fourth-order valence-electron chi connectivity index (χ4n) is 4.19. The summed E-state index contributed by atoms with van der Waals surface area (Å²) in [4.78, 5) is 23.5. The Balaban J connectivity index is 1.62. The summed E-state index contributed by atoms with van der Waals surface area (Å²) < 4.78 is 15.9. The van der Waals surface area contributed by atoms with Crippen molar-refractivity contribution in [3.05, 3.63) is 81.7 Å². The van der Waals surface area contributed by atoms with E-state index in [2.05, 4.69) is 46.3 Å². The number of unbranched alkanes of at least 4 members (excludes halogenated alkanes) is 2. The zero-order chi connectivity index (χ0) is 25.3. The summed E-state index contributed by atoms with van der Waals surface area (Å²) >= 11 is 0. The number of methoxy groups -OCH3 is 1. The number of aromatic nitrogens is 4. The molecule has 0 bridgehead atoms. The van der Waals surface area contributed by atoms with Crippen molar-refractivity contribution >= 4 is 0 Å². The average Bonchev–Trinajstić information content (AvgIpc) is 3.32. The monoisotopic (exact) mass is 488 g/mol. The highest BCUT2D eigenvalue weighted by Gasteiger charge is 2.16. The minimum Gasteiger partial charge on any atom is -0.475 e. The molecule has 2 aromatic heterocycles. The van der Waals surface area contributed by atoms with Crippen molar-refractivity contribution in [1.29, 1.82) is 0 Å². The lowest BCUT2D eigenvalue weighted by molar-refractivity contribution is 0.143. The van der Waals surface area contributed by atoms with Crippen LogP contribution in [0.25, 0.3) is 22.5 Å². The molecule has 0 fully saturated rings. The SMILES string of the molecule is CCCCCc1nc(C)nc(OCCOC)c1Cc1ccc(-c2ccccc2-c2noc(=O)[nH]2)cc1. The third kappa shape index (κ3) is 6.26. The minimum absolute atomic E-state index is 0.408. The van der Waals surface area contributed by atoms with Crippen LogP contribution in [0.5, 0.6) is 5.88 Å². The maximum absolute atomic E-state index is 11.5. The molecule has 8 nitrogen and oxygen atoms in total. The summed E-state index contributed by atoms with van der Waals surface area (Å²) in [5, 5.41) is 3.85. The zero-order valence-corrected chi connectivity index (χ0v) is 21.0. The predicted molar refractivity (Wildman–Crippen MR) is 138 cm³/mol. The number of rotatable bonds is 12. The van der Waals surface area contributed by atoms with E-state index in [0.29, 0.717) is 31.3 Å². The number of hydrogen-bond donors (Lipinski definition) is 1. The fourth-order valence-corrected chi connectivity index (χ4v) is 4.19. The lowest BCUT2D eigenvalue weighted by Gasteiger charge is -2.16. The molecule has 0 atom stereocenters. The number of nitrogens with one attached hydrogen (secondary N) is 1. The molecule has 0 aliphatic heterocycles. The highest BCUT2D eigenvalue weighted by molar-refractivity contribution is 5.80. The summed E-state index contributed by atoms with van der Waals surface area (Å²) in [6.45, 7) is 5.04. The van der Waals surface area contributed by atoms with Gasteiger partial charge in [0.2, 0.25) is 5.88 Å². The van der Waals surface area contributed by atoms with Crippen LogP contribution < -0.4 is 10.5 Å². The van der Waals surface area contributed by atoms with Crippen molar-refractivity contribution in [2.45, 2.75) is 46.0 Å². The van der Waals surface area contributed by atoms with E-state index in [0.717, 1.165) is 65.0 Å². The second-order valence-electron chi connectivity index (χ2n) is 8.66. The van der Waals surface area contributed by atoms with E-state index >= 15 is 0 Å². The van der Waals surface area contributed by atoms with Gasteiger partial charge >= 0.3 is 5.76 Å². The molecule has 0 unspecified atom stereocenters. The Morgan fingerprint density at radius 2 is 1.75 bits per heavy atom. The van der Waals surface area contributed by atoms with E-state index in [1.807, 2.05) is 31.2 Å². The first-order valence-electron chi connectivity index (χ1n) is 12.3. The van der Waals surface area contributed by atoms with Gasteiger partial charge in [-0.3, -0.25) is 9.51 Å². The van der Waals surface area contributed by atoms with Crippen molar-refractivity contribution < 1.29 is 14.0 Å². The van der Waals surface area contributed by atoms with Crippen molar-refractivity contribution in [2.24, 2.45) is 0 Å². The van der Waals surface area contributed by atoms with Crippen molar-refractivity contribution in [3.63, 3.8) is 0 Å². The van der Waals surface area contributed by atoms with Gasteiger partial charge in [-0.05, 0) is 36.5 Å². The predicted octanol–water partition coefficient (Wildman–Crippen LogP) is 5.14. The third-order valence-corrected chi connectivity index (χ3v) is 5.98. The molecule has 0 spiro atoms. The van der Waals surface area contributed by atoms with Gasteiger partial charge in [0.1, 0.15) is 12.4 Å². The molecule has 0 saturated carbocycles. The zero-order valence-electron chi connectivity index (χ0n) is 21.0. The van der Waals surface area contributed by atoms with E-state index < -0.39 is 5.76 Å². The first-order chi connectivity index (χ1) is 17.6. The Kier molecular flexibility index (Phi) is 8.62. The van der Waals surface area contributed by atoms with Crippen LogP contribution >= 0.6 is 0 Å². The maximum Gasteiger partial charge on any atom is 0.439 e. The molecular formula is C28H32N4O4. The van der Waals surface area contributed by atoms with Gasteiger partial charge in [0, 0.05) is 24.7 Å². The second kappa shape index (κ2) is 12.3. The first kappa shape index (κ1) is 25.3. The van der Waals surface area contributed by atoms with Crippen LogP contribution in [0.3, 0.4) is 0 Å². The number of aromatic amines is 1. The molecule has 0 saturated heterocycles. The number of H-pyrrole nitrogens is 1. The van der Waals surface area contributed by atoms with Crippen LogP contribution in [0.15, 0.2) is 57.8 Å². The molecule has 0 aliphatic carbocycles. The van der Waals surface area contributed by atoms with Gasteiger partial charge in [0.05, 0.1) is 12.3 Å². The van der Waals surface area contributed by atoms with Crippen LogP contribution in [0.4, 0.5) is 0 Å². The molecular weight excluding hydrogens is 456 g/mol. The summed E-state index contributed by atoms with van der Waals surface area (Å²) in [5.74, 6) is 1.19. The number of nitrogens with zero attached hydrogens (tertiary/aromatic N) is 3. The fraction of sp³-hybridized carbons (Fsp3) is 0.357.